The van der Waals surface area contributed by atoms with Crippen molar-refractivity contribution in [1.82, 2.24) is 0 Å². The molecule has 0 saturated heterocycles. The standard InChI is InChI=1S/C8H12O6/c1-2-13-8(12)14-7(11)5-6(10)3-4-9/h4,6,10H,2-3,5H2,1H3/t6-/m0/s1. The molecule has 0 aliphatic rings. The number of ether oxygens (including phenoxy) is 2. The van der Waals surface area contributed by atoms with Crippen molar-refractivity contribution >= 4 is 18.4 Å². The summed E-state index contributed by atoms with van der Waals surface area (Å²) >= 11 is 0. The van der Waals surface area contributed by atoms with E-state index in [9.17, 15) is 14.4 Å². The topological polar surface area (TPSA) is 89.9 Å². The molecular weight excluding hydrogens is 192 g/mol. The summed E-state index contributed by atoms with van der Waals surface area (Å²) in [6.45, 7) is 1.66. The van der Waals surface area contributed by atoms with E-state index in [0.717, 1.165) is 0 Å². The number of aldehydes is 1. The van der Waals surface area contributed by atoms with E-state index < -0.39 is 24.6 Å². The quantitative estimate of drug-likeness (QED) is 0.386. The predicted octanol–water partition coefficient (Wildman–Crippen LogP) is 0.0261. The van der Waals surface area contributed by atoms with Gasteiger partial charge in [0.05, 0.1) is 19.1 Å². The Morgan fingerprint density at radius 3 is 2.64 bits per heavy atom. The first-order valence-corrected chi connectivity index (χ1v) is 4.09. The van der Waals surface area contributed by atoms with Crippen molar-refractivity contribution < 1.29 is 29.0 Å². The van der Waals surface area contributed by atoms with Gasteiger partial charge in [0.2, 0.25) is 0 Å². The molecule has 0 spiro atoms. The van der Waals surface area contributed by atoms with Crippen LogP contribution >= 0.6 is 0 Å². The van der Waals surface area contributed by atoms with Crippen molar-refractivity contribution in [1.29, 1.82) is 0 Å². The zero-order chi connectivity index (χ0) is 11.0. The van der Waals surface area contributed by atoms with Crippen LogP contribution in [0.5, 0.6) is 0 Å². The molecule has 1 atom stereocenters. The minimum Gasteiger partial charge on any atom is -0.434 e. The fraction of sp³-hybridized carbons (Fsp3) is 0.625. The van der Waals surface area contributed by atoms with Crippen molar-refractivity contribution in [3.8, 4) is 0 Å². The third-order valence-electron chi connectivity index (χ3n) is 1.23. The Balaban J connectivity index is 3.74. The second kappa shape index (κ2) is 7.02. The second-order valence-electron chi connectivity index (χ2n) is 2.42. The summed E-state index contributed by atoms with van der Waals surface area (Å²) in [5.41, 5.74) is 0. The van der Waals surface area contributed by atoms with Gasteiger partial charge in [0.1, 0.15) is 6.29 Å². The van der Waals surface area contributed by atoms with E-state index in [0.29, 0.717) is 6.29 Å². The number of aliphatic hydroxyl groups excluding tert-OH is 1. The lowest BCUT2D eigenvalue weighted by Gasteiger charge is -2.05. The monoisotopic (exact) mass is 204 g/mol. The van der Waals surface area contributed by atoms with Crippen LogP contribution in [0.3, 0.4) is 0 Å². The van der Waals surface area contributed by atoms with Crippen LogP contribution < -0.4 is 0 Å². The van der Waals surface area contributed by atoms with Gasteiger partial charge in [-0.15, -0.1) is 0 Å². The molecule has 0 rings (SSSR count). The summed E-state index contributed by atoms with van der Waals surface area (Å²) in [4.78, 5) is 31.3. The molecule has 0 aromatic rings. The van der Waals surface area contributed by atoms with Gasteiger partial charge in [0, 0.05) is 6.42 Å². The Morgan fingerprint density at radius 2 is 2.14 bits per heavy atom. The predicted molar refractivity (Wildman–Crippen MR) is 44.4 cm³/mol. The third-order valence-corrected chi connectivity index (χ3v) is 1.23. The van der Waals surface area contributed by atoms with Crippen molar-refractivity contribution in [2.75, 3.05) is 6.61 Å². The molecule has 0 unspecified atom stereocenters. The maximum Gasteiger partial charge on any atom is 0.516 e. The molecule has 6 nitrogen and oxygen atoms in total. The smallest absolute Gasteiger partial charge is 0.434 e. The van der Waals surface area contributed by atoms with Gasteiger partial charge in [-0.25, -0.2) is 4.79 Å². The Morgan fingerprint density at radius 1 is 1.50 bits per heavy atom. The number of carbonyl (C=O) groups is 3. The number of esters is 1. The van der Waals surface area contributed by atoms with Crippen LogP contribution in [0.2, 0.25) is 0 Å². The maximum absolute atomic E-state index is 10.8. The van der Waals surface area contributed by atoms with Crippen LogP contribution in [-0.2, 0) is 19.1 Å². The van der Waals surface area contributed by atoms with Gasteiger partial charge in [-0.3, -0.25) is 4.79 Å². The Bertz CT molecular complexity index is 212. The summed E-state index contributed by atoms with van der Waals surface area (Å²) in [6, 6.07) is 0. The van der Waals surface area contributed by atoms with E-state index in [2.05, 4.69) is 9.47 Å². The lowest BCUT2D eigenvalue weighted by molar-refractivity contribution is -0.141. The number of hydrogen-bond donors (Lipinski definition) is 1. The Kier molecular flexibility index (Phi) is 6.30. The van der Waals surface area contributed by atoms with Crippen molar-refractivity contribution in [3.05, 3.63) is 0 Å². The van der Waals surface area contributed by atoms with Gasteiger partial charge in [0.15, 0.2) is 0 Å². The van der Waals surface area contributed by atoms with Crippen LogP contribution in [0.4, 0.5) is 4.79 Å². The van der Waals surface area contributed by atoms with E-state index in [-0.39, 0.29) is 13.0 Å². The molecule has 0 aliphatic carbocycles. The van der Waals surface area contributed by atoms with E-state index in [1.807, 2.05) is 0 Å². The minimum absolute atomic E-state index is 0.100. The van der Waals surface area contributed by atoms with E-state index >= 15 is 0 Å². The van der Waals surface area contributed by atoms with Gasteiger partial charge in [-0.1, -0.05) is 0 Å². The average Bonchev–Trinajstić information content (AvgIpc) is 2.03. The first-order chi connectivity index (χ1) is 6.60. The van der Waals surface area contributed by atoms with Gasteiger partial charge in [0.25, 0.3) is 0 Å². The van der Waals surface area contributed by atoms with Crippen LogP contribution in [0.15, 0.2) is 0 Å². The SMILES string of the molecule is CCOC(=O)OC(=O)C[C@@H](O)CC=O. The zero-order valence-corrected chi connectivity index (χ0v) is 7.76. The number of rotatable bonds is 5. The lowest BCUT2D eigenvalue weighted by Crippen LogP contribution is -2.19. The Labute approximate surface area is 80.8 Å². The summed E-state index contributed by atoms with van der Waals surface area (Å²) < 4.78 is 8.45. The molecule has 1 N–H and O–H groups in total. The highest BCUT2D eigenvalue weighted by Gasteiger charge is 2.15. The first kappa shape index (κ1) is 12.6. The van der Waals surface area contributed by atoms with Gasteiger partial charge in [-0.2, -0.15) is 0 Å². The van der Waals surface area contributed by atoms with E-state index in [4.69, 9.17) is 5.11 Å². The number of carbonyl (C=O) groups excluding carboxylic acids is 3. The number of aliphatic hydroxyl groups is 1. The number of hydrogen-bond acceptors (Lipinski definition) is 6. The van der Waals surface area contributed by atoms with Crippen LogP contribution in [0, 0.1) is 0 Å². The van der Waals surface area contributed by atoms with Crippen LogP contribution in [0.25, 0.3) is 0 Å². The molecule has 0 heterocycles. The summed E-state index contributed by atoms with van der Waals surface area (Å²) in [7, 11) is 0. The molecular formula is C8H12O6. The average molecular weight is 204 g/mol. The first-order valence-electron chi connectivity index (χ1n) is 4.09. The molecule has 14 heavy (non-hydrogen) atoms. The molecule has 6 heteroatoms. The van der Waals surface area contributed by atoms with Crippen LogP contribution in [-0.4, -0.2) is 36.2 Å². The fourth-order valence-corrected chi connectivity index (χ4v) is 0.669. The zero-order valence-electron chi connectivity index (χ0n) is 7.76. The highest BCUT2D eigenvalue weighted by Crippen LogP contribution is 1.98. The van der Waals surface area contributed by atoms with E-state index in [1.165, 1.54) is 0 Å². The summed E-state index contributed by atoms with van der Waals surface area (Å²) in [5, 5.41) is 8.98. The molecule has 0 aromatic carbocycles. The van der Waals surface area contributed by atoms with E-state index in [1.54, 1.807) is 6.92 Å². The highest BCUT2D eigenvalue weighted by atomic mass is 16.7. The highest BCUT2D eigenvalue weighted by molar-refractivity contribution is 5.82. The lowest BCUT2D eigenvalue weighted by atomic mass is 10.2. The summed E-state index contributed by atoms with van der Waals surface area (Å²) in [5.74, 6) is -0.919. The molecule has 0 amide bonds. The van der Waals surface area contributed by atoms with Gasteiger partial charge >= 0.3 is 12.1 Å². The molecule has 0 aromatic heterocycles. The third kappa shape index (κ3) is 6.13. The van der Waals surface area contributed by atoms with Gasteiger partial charge < -0.3 is 19.4 Å². The largest absolute Gasteiger partial charge is 0.516 e. The molecule has 0 saturated carbocycles. The maximum atomic E-state index is 10.8. The van der Waals surface area contributed by atoms with Gasteiger partial charge in [-0.05, 0) is 6.92 Å². The molecule has 0 fully saturated rings. The van der Waals surface area contributed by atoms with Crippen molar-refractivity contribution in [3.63, 3.8) is 0 Å². The molecule has 0 bridgehead atoms. The minimum atomic E-state index is -1.12. The van der Waals surface area contributed by atoms with Crippen molar-refractivity contribution in [2.45, 2.75) is 25.9 Å². The fourth-order valence-electron chi connectivity index (χ4n) is 0.669. The molecule has 80 valence electrons. The van der Waals surface area contributed by atoms with Crippen molar-refractivity contribution in [2.24, 2.45) is 0 Å². The second-order valence-corrected chi connectivity index (χ2v) is 2.42. The van der Waals surface area contributed by atoms with Crippen LogP contribution in [0.1, 0.15) is 19.8 Å². The normalized spacial score (nSPS) is 11.6. The molecule has 0 aliphatic heterocycles. The molecule has 0 radical (unpaired) electrons. The summed E-state index contributed by atoms with van der Waals surface area (Å²) in [6.07, 6.45) is -2.32. The Hall–Kier alpha value is -1.43.